The van der Waals surface area contributed by atoms with Gasteiger partial charge in [-0.2, -0.15) is 5.10 Å². The van der Waals surface area contributed by atoms with Crippen LogP contribution in [0.4, 0.5) is 5.69 Å². The number of aryl methyl sites for hydroxylation is 1. The maximum atomic E-state index is 12.7. The van der Waals surface area contributed by atoms with Crippen molar-refractivity contribution in [3.63, 3.8) is 0 Å². The fraction of sp³-hybridized carbons (Fsp3) is 0.150. The number of nitrogens with zero attached hydrogens (tertiary/aromatic N) is 3. The van der Waals surface area contributed by atoms with E-state index >= 15 is 0 Å². The third-order valence-electron chi connectivity index (χ3n) is 4.05. The Balaban J connectivity index is 2.02. The Morgan fingerprint density at radius 1 is 1.28 bits per heavy atom. The molecule has 1 aliphatic rings. The number of para-hydroxylation sites is 1. The number of phenols is 1. The van der Waals surface area contributed by atoms with Crippen LogP contribution in [0.2, 0.25) is 0 Å². The largest absolute Gasteiger partial charge is 0.507 e. The van der Waals surface area contributed by atoms with Gasteiger partial charge in [0.2, 0.25) is 0 Å². The Hall–Kier alpha value is -3.21. The first kappa shape index (κ1) is 16.6. The Bertz CT molecular complexity index is 913. The molecule has 126 valence electrons. The number of hydrogen-bond acceptors (Lipinski definition) is 4. The third kappa shape index (κ3) is 3.08. The molecule has 0 atom stereocenters. The highest BCUT2D eigenvalue weighted by molar-refractivity contribution is 6.54. The lowest BCUT2D eigenvalue weighted by molar-refractivity contribution is -0.112. The van der Waals surface area contributed by atoms with Gasteiger partial charge in [-0.3, -0.25) is 4.79 Å². The van der Waals surface area contributed by atoms with Crippen LogP contribution in [0.15, 0.2) is 65.3 Å². The molecule has 1 N–H and O–H groups in total. The normalized spacial score (nSPS) is 15.6. The Morgan fingerprint density at radius 2 is 2.04 bits per heavy atom. The molecule has 0 unspecified atom stereocenters. The summed E-state index contributed by atoms with van der Waals surface area (Å²) in [5, 5.41) is 18.4. The minimum atomic E-state index is -0.203. The topological polar surface area (TPSA) is 65.3 Å². The predicted molar refractivity (Wildman–Crippen MR) is 101 cm³/mol. The van der Waals surface area contributed by atoms with Gasteiger partial charge in [0.1, 0.15) is 5.75 Å². The molecule has 3 rings (SSSR count). The third-order valence-corrected chi connectivity index (χ3v) is 4.05. The van der Waals surface area contributed by atoms with E-state index in [0.717, 1.165) is 16.8 Å². The van der Waals surface area contributed by atoms with Gasteiger partial charge in [-0.15, -0.1) is 11.7 Å². The highest BCUT2D eigenvalue weighted by Gasteiger charge is 2.33. The van der Waals surface area contributed by atoms with Crippen LogP contribution in [0, 0.1) is 6.92 Å². The van der Waals surface area contributed by atoms with Gasteiger partial charge in [-0.25, -0.2) is 0 Å². The molecular weight excluding hydrogens is 314 g/mol. The zero-order valence-electron chi connectivity index (χ0n) is 14.2. The van der Waals surface area contributed by atoms with E-state index in [1.807, 2.05) is 43.3 Å². The van der Waals surface area contributed by atoms with Crippen LogP contribution in [0.3, 0.4) is 0 Å². The van der Waals surface area contributed by atoms with Crippen LogP contribution in [0.1, 0.15) is 23.6 Å². The monoisotopic (exact) mass is 333 g/mol. The molecule has 0 bridgehead atoms. The minimum absolute atomic E-state index is 0.137. The SMILES string of the molecule is C=CCN1C(=O)/C(=N\N=C(/C)c2cc(C)ccc2O)c2ccccc21. The number of benzene rings is 2. The molecule has 2 aromatic rings. The number of amides is 1. The van der Waals surface area contributed by atoms with Crippen molar-refractivity contribution in [3.05, 3.63) is 71.8 Å². The first-order valence-electron chi connectivity index (χ1n) is 7.97. The lowest BCUT2D eigenvalue weighted by atomic mass is 10.1. The zero-order valence-corrected chi connectivity index (χ0v) is 14.2. The molecule has 1 heterocycles. The molecule has 0 saturated heterocycles. The summed E-state index contributed by atoms with van der Waals surface area (Å²) < 4.78 is 0. The quantitative estimate of drug-likeness (QED) is 0.529. The van der Waals surface area contributed by atoms with Crippen molar-refractivity contribution in [2.75, 3.05) is 11.4 Å². The summed E-state index contributed by atoms with van der Waals surface area (Å²) in [6, 6.07) is 12.8. The van der Waals surface area contributed by atoms with Crippen LogP contribution in [0.25, 0.3) is 0 Å². The van der Waals surface area contributed by atoms with Crippen molar-refractivity contribution in [2.45, 2.75) is 13.8 Å². The summed E-state index contributed by atoms with van der Waals surface area (Å²) in [4.78, 5) is 14.3. The molecule has 0 saturated carbocycles. The molecular formula is C20H19N3O2. The molecule has 25 heavy (non-hydrogen) atoms. The van der Waals surface area contributed by atoms with Crippen LogP contribution in [-0.2, 0) is 4.79 Å². The van der Waals surface area contributed by atoms with E-state index in [4.69, 9.17) is 0 Å². The highest BCUT2D eigenvalue weighted by atomic mass is 16.3. The van der Waals surface area contributed by atoms with Crippen LogP contribution in [0.5, 0.6) is 5.75 Å². The number of carbonyl (C=O) groups is 1. The Kier molecular flexibility index (Phi) is 4.48. The molecule has 1 amide bonds. The minimum Gasteiger partial charge on any atom is -0.507 e. The van der Waals surface area contributed by atoms with Crippen molar-refractivity contribution in [1.82, 2.24) is 0 Å². The number of phenolic OH excluding ortho intramolecular Hbond substituents is 1. The van der Waals surface area contributed by atoms with Gasteiger partial charge in [0.05, 0.1) is 11.4 Å². The second kappa shape index (κ2) is 6.73. The summed E-state index contributed by atoms with van der Waals surface area (Å²) in [5.41, 5.74) is 4.00. The van der Waals surface area contributed by atoms with Crippen molar-refractivity contribution < 1.29 is 9.90 Å². The van der Waals surface area contributed by atoms with E-state index in [1.54, 1.807) is 24.0 Å². The van der Waals surface area contributed by atoms with Crippen molar-refractivity contribution in [3.8, 4) is 5.75 Å². The fourth-order valence-corrected chi connectivity index (χ4v) is 2.79. The lowest BCUT2D eigenvalue weighted by Gasteiger charge is -2.13. The number of carbonyl (C=O) groups excluding carboxylic acids is 1. The average Bonchev–Trinajstić information content (AvgIpc) is 2.87. The molecule has 0 spiro atoms. The highest BCUT2D eigenvalue weighted by Crippen LogP contribution is 2.29. The van der Waals surface area contributed by atoms with Gasteiger partial charge in [-0.1, -0.05) is 35.9 Å². The van der Waals surface area contributed by atoms with Gasteiger partial charge in [0.25, 0.3) is 5.91 Å². The standard InChI is InChI=1S/C20H19N3O2/c1-4-11-23-17-8-6-5-7-15(17)19(20(23)25)22-21-14(3)16-12-13(2)9-10-18(16)24/h4-10,12,24H,1,11H2,2-3H3/b21-14+,22-19-. The fourth-order valence-electron chi connectivity index (χ4n) is 2.79. The molecule has 0 fully saturated rings. The summed E-state index contributed by atoms with van der Waals surface area (Å²) in [7, 11) is 0. The predicted octanol–water partition coefficient (Wildman–Crippen LogP) is 3.45. The summed E-state index contributed by atoms with van der Waals surface area (Å²) in [6.07, 6.45) is 1.68. The second-order valence-electron chi connectivity index (χ2n) is 5.88. The number of fused-ring (bicyclic) bond motifs is 1. The molecule has 5 nitrogen and oxygen atoms in total. The van der Waals surface area contributed by atoms with Crippen molar-refractivity contribution >= 4 is 23.0 Å². The van der Waals surface area contributed by atoms with E-state index in [9.17, 15) is 9.90 Å². The average molecular weight is 333 g/mol. The second-order valence-corrected chi connectivity index (χ2v) is 5.88. The number of hydrogen-bond donors (Lipinski definition) is 1. The zero-order chi connectivity index (χ0) is 18.0. The molecule has 0 aliphatic carbocycles. The smallest absolute Gasteiger partial charge is 0.279 e. The maximum absolute atomic E-state index is 12.7. The van der Waals surface area contributed by atoms with Gasteiger partial charge >= 0.3 is 0 Å². The van der Waals surface area contributed by atoms with Crippen molar-refractivity contribution in [2.24, 2.45) is 10.2 Å². The molecule has 0 radical (unpaired) electrons. The number of rotatable bonds is 4. The maximum Gasteiger partial charge on any atom is 0.279 e. The van der Waals surface area contributed by atoms with E-state index < -0.39 is 0 Å². The van der Waals surface area contributed by atoms with Crippen LogP contribution >= 0.6 is 0 Å². The van der Waals surface area contributed by atoms with Gasteiger partial charge in [-0.05, 0) is 32.0 Å². The Labute approximate surface area is 146 Å². The molecule has 2 aromatic carbocycles. The van der Waals surface area contributed by atoms with E-state index in [1.165, 1.54) is 0 Å². The van der Waals surface area contributed by atoms with Gasteiger partial charge < -0.3 is 10.0 Å². The first-order chi connectivity index (χ1) is 12.0. The van der Waals surface area contributed by atoms with Crippen LogP contribution in [-0.4, -0.2) is 29.0 Å². The van der Waals surface area contributed by atoms with Crippen molar-refractivity contribution in [1.29, 1.82) is 0 Å². The summed E-state index contributed by atoms with van der Waals surface area (Å²) in [5.74, 6) is -0.0652. The first-order valence-corrected chi connectivity index (χ1v) is 7.97. The molecule has 1 aliphatic heterocycles. The lowest BCUT2D eigenvalue weighted by Crippen LogP contribution is -2.30. The number of aromatic hydroxyl groups is 1. The van der Waals surface area contributed by atoms with E-state index in [-0.39, 0.29) is 11.7 Å². The van der Waals surface area contributed by atoms with Crippen LogP contribution < -0.4 is 4.90 Å². The van der Waals surface area contributed by atoms with Gasteiger partial charge in [0, 0.05) is 17.7 Å². The Morgan fingerprint density at radius 3 is 2.80 bits per heavy atom. The summed E-state index contributed by atoms with van der Waals surface area (Å²) >= 11 is 0. The van der Waals surface area contributed by atoms with E-state index in [2.05, 4.69) is 16.8 Å². The summed E-state index contributed by atoms with van der Waals surface area (Å²) in [6.45, 7) is 7.80. The molecule has 5 heteroatoms. The molecule has 0 aromatic heterocycles. The van der Waals surface area contributed by atoms with E-state index in [0.29, 0.717) is 23.5 Å². The number of anilines is 1. The van der Waals surface area contributed by atoms with Gasteiger partial charge in [0.15, 0.2) is 5.71 Å².